The fourth-order valence-electron chi connectivity index (χ4n) is 2.18. The number of rotatable bonds is 3. The quantitative estimate of drug-likeness (QED) is 0.816. The van der Waals surface area contributed by atoms with Gasteiger partial charge in [0.25, 0.3) is 0 Å². The highest BCUT2D eigenvalue weighted by Gasteiger charge is 2.20. The number of carbonyl (C=O) groups excluding carboxylic acids is 1. The second kappa shape index (κ2) is 6.40. The molecular formula is C16H20N2O. The van der Waals surface area contributed by atoms with Crippen LogP contribution in [0, 0.1) is 24.7 Å². The fraction of sp³-hybridized carbons (Fsp3) is 0.438. The number of benzene rings is 1. The van der Waals surface area contributed by atoms with Crippen molar-refractivity contribution in [1.29, 1.82) is 0 Å². The summed E-state index contributed by atoms with van der Waals surface area (Å²) in [5.41, 5.74) is 8.15. The van der Waals surface area contributed by atoms with Crippen LogP contribution in [0.5, 0.6) is 0 Å². The van der Waals surface area contributed by atoms with Crippen molar-refractivity contribution >= 4 is 11.6 Å². The first-order valence-corrected chi connectivity index (χ1v) is 6.78. The molecule has 1 saturated carbocycles. The topological polar surface area (TPSA) is 55.1 Å². The van der Waals surface area contributed by atoms with Crippen molar-refractivity contribution < 1.29 is 4.79 Å². The van der Waals surface area contributed by atoms with Gasteiger partial charge in [0.15, 0.2) is 0 Å². The molecule has 0 aromatic heterocycles. The van der Waals surface area contributed by atoms with E-state index in [0.717, 1.165) is 16.8 Å². The van der Waals surface area contributed by atoms with Crippen LogP contribution in [-0.4, -0.2) is 12.5 Å². The summed E-state index contributed by atoms with van der Waals surface area (Å²) in [6, 6.07) is 5.86. The van der Waals surface area contributed by atoms with Gasteiger partial charge in [0.05, 0.1) is 12.2 Å². The van der Waals surface area contributed by atoms with Gasteiger partial charge in [-0.25, -0.2) is 0 Å². The molecule has 100 valence electrons. The molecule has 3 N–H and O–H groups in total. The molecule has 1 aliphatic rings. The van der Waals surface area contributed by atoms with Crippen LogP contribution in [0.4, 0.5) is 5.69 Å². The molecule has 0 aliphatic heterocycles. The number of anilines is 1. The lowest BCUT2D eigenvalue weighted by Crippen LogP contribution is -2.21. The molecule has 0 unspecified atom stereocenters. The second-order valence-corrected chi connectivity index (χ2v) is 5.10. The Bertz CT molecular complexity index is 521. The zero-order valence-electron chi connectivity index (χ0n) is 11.3. The summed E-state index contributed by atoms with van der Waals surface area (Å²) >= 11 is 0. The number of hydrogen-bond acceptors (Lipinski definition) is 2. The fourth-order valence-corrected chi connectivity index (χ4v) is 2.18. The minimum Gasteiger partial charge on any atom is -0.325 e. The zero-order valence-corrected chi connectivity index (χ0v) is 11.3. The average molecular weight is 256 g/mol. The number of nitrogens with one attached hydrogen (secondary N) is 1. The van der Waals surface area contributed by atoms with Gasteiger partial charge in [-0.1, -0.05) is 24.3 Å². The minimum absolute atomic E-state index is 0.0874. The molecule has 0 radical (unpaired) electrons. The summed E-state index contributed by atoms with van der Waals surface area (Å²) < 4.78 is 0. The van der Waals surface area contributed by atoms with Crippen molar-refractivity contribution in [3.8, 4) is 11.8 Å². The lowest BCUT2D eigenvalue weighted by Gasteiger charge is -2.24. The monoisotopic (exact) mass is 256 g/mol. The Morgan fingerprint density at radius 1 is 1.47 bits per heavy atom. The third kappa shape index (κ3) is 3.84. The van der Waals surface area contributed by atoms with Gasteiger partial charge in [-0.15, -0.1) is 0 Å². The minimum atomic E-state index is 0.0874. The molecule has 1 aromatic carbocycles. The molecule has 3 heteroatoms. The van der Waals surface area contributed by atoms with Crippen LogP contribution in [0.3, 0.4) is 0 Å². The van der Waals surface area contributed by atoms with Gasteiger partial charge >= 0.3 is 0 Å². The first kappa shape index (κ1) is 13.6. The summed E-state index contributed by atoms with van der Waals surface area (Å²) in [4.78, 5) is 11.9. The number of nitrogens with two attached hydrogens (primary N) is 1. The van der Waals surface area contributed by atoms with Crippen molar-refractivity contribution in [3.63, 3.8) is 0 Å². The largest absolute Gasteiger partial charge is 0.325 e. The van der Waals surface area contributed by atoms with E-state index in [9.17, 15) is 4.79 Å². The van der Waals surface area contributed by atoms with Crippen molar-refractivity contribution in [2.45, 2.75) is 32.6 Å². The van der Waals surface area contributed by atoms with Crippen LogP contribution in [0.25, 0.3) is 0 Å². The number of amides is 1. The van der Waals surface area contributed by atoms with E-state index in [4.69, 9.17) is 5.73 Å². The molecular weight excluding hydrogens is 236 g/mol. The molecule has 1 aromatic rings. The molecule has 1 amide bonds. The van der Waals surface area contributed by atoms with E-state index in [1.165, 1.54) is 19.3 Å². The van der Waals surface area contributed by atoms with Gasteiger partial charge in [-0.05, 0) is 43.4 Å². The molecule has 19 heavy (non-hydrogen) atoms. The Morgan fingerprint density at radius 2 is 2.26 bits per heavy atom. The Kier molecular flexibility index (Phi) is 4.59. The average Bonchev–Trinajstić information content (AvgIpc) is 2.34. The number of aryl methyl sites for hydroxylation is 1. The van der Waals surface area contributed by atoms with Crippen LogP contribution in [-0.2, 0) is 4.79 Å². The summed E-state index contributed by atoms with van der Waals surface area (Å²) in [6.45, 7) is 2.33. The molecule has 0 heterocycles. The third-order valence-corrected chi connectivity index (χ3v) is 3.47. The van der Waals surface area contributed by atoms with E-state index in [0.29, 0.717) is 18.9 Å². The van der Waals surface area contributed by atoms with Gasteiger partial charge in [-0.3, -0.25) is 4.79 Å². The zero-order chi connectivity index (χ0) is 13.7. The van der Waals surface area contributed by atoms with E-state index >= 15 is 0 Å². The van der Waals surface area contributed by atoms with Gasteiger partial charge in [0.2, 0.25) is 5.91 Å². The summed E-state index contributed by atoms with van der Waals surface area (Å²) in [5.74, 6) is 6.51. The molecule has 0 bridgehead atoms. The molecule has 0 spiro atoms. The molecule has 0 atom stereocenters. The summed E-state index contributed by atoms with van der Waals surface area (Å²) in [5, 5.41) is 2.96. The van der Waals surface area contributed by atoms with Crippen LogP contribution in [0.2, 0.25) is 0 Å². The molecule has 3 nitrogen and oxygen atoms in total. The number of carbonyl (C=O) groups is 1. The SMILES string of the molecule is Cc1ccc(NC(=O)CC2CCC2)c(C#CCN)c1. The van der Waals surface area contributed by atoms with Crippen molar-refractivity contribution in [2.75, 3.05) is 11.9 Å². The lowest BCUT2D eigenvalue weighted by molar-refractivity contribution is -0.117. The second-order valence-electron chi connectivity index (χ2n) is 5.10. The highest BCUT2D eigenvalue weighted by Crippen LogP contribution is 2.29. The molecule has 2 rings (SSSR count). The molecule has 1 fully saturated rings. The smallest absolute Gasteiger partial charge is 0.224 e. The summed E-state index contributed by atoms with van der Waals surface area (Å²) in [7, 11) is 0. The van der Waals surface area contributed by atoms with Crippen LogP contribution in [0.1, 0.15) is 36.8 Å². The number of hydrogen-bond donors (Lipinski definition) is 2. The van der Waals surface area contributed by atoms with Gasteiger partial charge in [0, 0.05) is 12.0 Å². The van der Waals surface area contributed by atoms with Gasteiger partial charge in [0.1, 0.15) is 0 Å². The van der Waals surface area contributed by atoms with Crippen molar-refractivity contribution in [2.24, 2.45) is 11.7 Å². The Hall–Kier alpha value is -1.79. The highest BCUT2D eigenvalue weighted by molar-refractivity contribution is 5.92. The summed E-state index contributed by atoms with van der Waals surface area (Å²) in [6.07, 6.45) is 4.25. The normalized spacial score (nSPS) is 14.2. The maximum atomic E-state index is 11.9. The standard InChI is InChI=1S/C16H20N2O/c1-12-7-8-15(14(10-12)6-3-9-17)18-16(19)11-13-4-2-5-13/h7-8,10,13H,2,4-5,9,11,17H2,1H3,(H,18,19). The van der Waals surface area contributed by atoms with Crippen LogP contribution >= 0.6 is 0 Å². The van der Waals surface area contributed by atoms with Crippen molar-refractivity contribution in [1.82, 2.24) is 0 Å². The van der Waals surface area contributed by atoms with E-state index in [1.54, 1.807) is 0 Å². The van der Waals surface area contributed by atoms with E-state index in [-0.39, 0.29) is 5.91 Å². The van der Waals surface area contributed by atoms with E-state index in [1.807, 2.05) is 25.1 Å². The van der Waals surface area contributed by atoms with Crippen molar-refractivity contribution in [3.05, 3.63) is 29.3 Å². The van der Waals surface area contributed by atoms with Gasteiger partial charge < -0.3 is 11.1 Å². The van der Waals surface area contributed by atoms with Crippen LogP contribution < -0.4 is 11.1 Å². The van der Waals surface area contributed by atoms with Crippen LogP contribution in [0.15, 0.2) is 18.2 Å². The first-order valence-electron chi connectivity index (χ1n) is 6.78. The van der Waals surface area contributed by atoms with E-state index < -0.39 is 0 Å². The molecule has 1 aliphatic carbocycles. The molecule has 0 saturated heterocycles. The first-order chi connectivity index (χ1) is 9.19. The maximum absolute atomic E-state index is 11.9. The highest BCUT2D eigenvalue weighted by atomic mass is 16.1. The Labute approximate surface area is 114 Å². The Balaban J connectivity index is 2.07. The van der Waals surface area contributed by atoms with E-state index in [2.05, 4.69) is 17.2 Å². The lowest BCUT2D eigenvalue weighted by atomic mass is 9.83. The predicted octanol–water partition coefficient (Wildman–Crippen LogP) is 2.43. The van der Waals surface area contributed by atoms with Gasteiger partial charge in [-0.2, -0.15) is 0 Å². The third-order valence-electron chi connectivity index (χ3n) is 3.47. The maximum Gasteiger partial charge on any atom is 0.224 e. The predicted molar refractivity (Wildman–Crippen MR) is 77.7 cm³/mol. The Morgan fingerprint density at radius 3 is 2.89 bits per heavy atom.